The number of pyridine rings is 1. The Labute approximate surface area is 220 Å². The Balaban J connectivity index is 1.44. The van der Waals surface area contributed by atoms with E-state index in [-0.39, 0.29) is 17.2 Å². The fourth-order valence-corrected chi connectivity index (χ4v) is 5.98. The first-order valence-corrected chi connectivity index (χ1v) is 16.8. The summed E-state index contributed by atoms with van der Waals surface area (Å²) in [5, 5.41) is 0.274. The van der Waals surface area contributed by atoms with Gasteiger partial charge in [-0.05, 0) is 107 Å². The van der Waals surface area contributed by atoms with E-state index in [0.29, 0.717) is 18.4 Å². The van der Waals surface area contributed by atoms with Gasteiger partial charge in [-0.2, -0.15) is 0 Å². The molecule has 0 unspecified atom stereocenters. The molecule has 0 bridgehead atoms. The third-order valence-corrected chi connectivity index (χ3v) is 12.7. The molecule has 1 aliphatic carbocycles. The van der Waals surface area contributed by atoms with Crippen LogP contribution in [0, 0.1) is 11.8 Å². The second-order valence-electron chi connectivity index (χ2n) is 13.5. The van der Waals surface area contributed by atoms with Gasteiger partial charge in [0, 0.05) is 19.3 Å². The van der Waals surface area contributed by atoms with Gasteiger partial charge in [0.05, 0.1) is 12.2 Å². The van der Waals surface area contributed by atoms with Crippen LogP contribution in [0.3, 0.4) is 0 Å². The number of rotatable bonds is 8. The Morgan fingerprint density at radius 2 is 1.67 bits per heavy atom. The van der Waals surface area contributed by atoms with Crippen LogP contribution in [0.25, 0.3) is 0 Å². The molecule has 1 aromatic rings. The lowest BCUT2D eigenvalue weighted by atomic mass is 9.80. The number of likely N-dealkylation sites (tertiary alicyclic amines) is 1. The average molecular weight is 519 g/mol. The van der Waals surface area contributed by atoms with Crippen LogP contribution in [0.1, 0.15) is 85.6 Å². The van der Waals surface area contributed by atoms with Gasteiger partial charge in [0.1, 0.15) is 18.0 Å². The molecule has 2 aliphatic rings. The molecule has 0 N–H and O–H groups in total. The molecule has 1 atom stereocenters. The number of ether oxygens (including phenoxy) is 2. The number of amides is 1. The molecular weight excluding hydrogens is 468 g/mol. The van der Waals surface area contributed by atoms with Crippen LogP contribution < -0.4 is 4.74 Å². The van der Waals surface area contributed by atoms with Crippen LogP contribution in [0.5, 0.6) is 5.75 Å². The largest absolute Gasteiger partial charge is 0.490 e. The van der Waals surface area contributed by atoms with Crippen molar-refractivity contribution >= 4 is 14.4 Å². The number of nitrogens with zero attached hydrogens (tertiary/aromatic N) is 2. The van der Waals surface area contributed by atoms with Crippen LogP contribution in [0.15, 0.2) is 18.5 Å². The van der Waals surface area contributed by atoms with Crippen molar-refractivity contribution in [3.8, 4) is 5.75 Å². The van der Waals surface area contributed by atoms with Gasteiger partial charge in [0.2, 0.25) is 0 Å². The van der Waals surface area contributed by atoms with E-state index in [1.807, 2.05) is 31.9 Å². The monoisotopic (exact) mass is 518 g/mol. The first-order valence-electron chi connectivity index (χ1n) is 13.9. The highest BCUT2D eigenvalue weighted by molar-refractivity contribution is 6.74. The van der Waals surface area contributed by atoms with Crippen LogP contribution in [0.2, 0.25) is 18.1 Å². The molecular formula is C29H50N2O4Si. The van der Waals surface area contributed by atoms with Crippen molar-refractivity contribution in [1.29, 1.82) is 0 Å². The summed E-state index contributed by atoms with van der Waals surface area (Å²) in [6.07, 6.45) is 11.5. The summed E-state index contributed by atoms with van der Waals surface area (Å²) in [5.74, 6) is 2.19. The van der Waals surface area contributed by atoms with Crippen LogP contribution in [-0.4, -0.2) is 55.7 Å². The molecule has 1 aromatic heterocycles. The highest BCUT2D eigenvalue weighted by Crippen LogP contribution is 2.38. The average Bonchev–Trinajstić information content (AvgIpc) is 3.25. The molecule has 1 saturated heterocycles. The molecule has 3 rings (SSSR count). The summed E-state index contributed by atoms with van der Waals surface area (Å²) in [4.78, 5) is 18.8. The normalized spacial score (nSPS) is 23.6. The van der Waals surface area contributed by atoms with E-state index in [9.17, 15) is 4.79 Å². The first-order chi connectivity index (χ1) is 16.7. The Morgan fingerprint density at radius 1 is 1.00 bits per heavy atom. The third kappa shape index (κ3) is 8.47. The molecule has 204 valence electrons. The smallest absolute Gasteiger partial charge is 0.410 e. The Kier molecular flexibility index (Phi) is 9.53. The minimum absolute atomic E-state index is 0.0484. The lowest BCUT2D eigenvalue weighted by molar-refractivity contribution is 0.0187. The molecule has 1 amide bonds. The predicted octanol–water partition coefficient (Wildman–Crippen LogP) is 7.23. The van der Waals surface area contributed by atoms with Crippen molar-refractivity contribution in [1.82, 2.24) is 9.88 Å². The third-order valence-electron chi connectivity index (χ3n) is 8.19. The summed E-state index contributed by atoms with van der Waals surface area (Å²) in [7, 11) is -1.66. The maximum atomic E-state index is 12.5. The van der Waals surface area contributed by atoms with Gasteiger partial charge in [0.25, 0.3) is 0 Å². The molecule has 0 aromatic carbocycles. The number of hydrogen-bond donors (Lipinski definition) is 0. The molecule has 1 saturated carbocycles. The molecule has 0 radical (unpaired) electrons. The predicted molar refractivity (Wildman–Crippen MR) is 148 cm³/mol. The quantitative estimate of drug-likeness (QED) is 0.340. The van der Waals surface area contributed by atoms with Gasteiger partial charge in [-0.15, -0.1) is 0 Å². The SMILES string of the molecule is CC(C)(C)OC(=O)N1CCC[C@H]1COc1cncc(C[C@H]2CC[C@H](CO[Si](C)(C)C(C)(C)C)CC2)c1. The van der Waals surface area contributed by atoms with E-state index in [1.165, 1.54) is 31.2 Å². The van der Waals surface area contributed by atoms with Gasteiger partial charge < -0.3 is 18.8 Å². The van der Waals surface area contributed by atoms with Crippen LogP contribution in [-0.2, 0) is 15.6 Å². The van der Waals surface area contributed by atoms with E-state index in [0.717, 1.165) is 38.2 Å². The Morgan fingerprint density at radius 3 is 2.31 bits per heavy atom. The van der Waals surface area contributed by atoms with Gasteiger partial charge in [-0.3, -0.25) is 4.98 Å². The lowest BCUT2D eigenvalue weighted by Gasteiger charge is -2.38. The summed E-state index contributed by atoms with van der Waals surface area (Å²) in [6.45, 7) is 19.5. The summed E-state index contributed by atoms with van der Waals surface area (Å²) in [5.41, 5.74) is 0.754. The van der Waals surface area contributed by atoms with Crippen molar-refractivity contribution in [2.75, 3.05) is 19.8 Å². The maximum absolute atomic E-state index is 12.5. The van der Waals surface area contributed by atoms with Gasteiger partial charge in [-0.25, -0.2) is 4.79 Å². The van der Waals surface area contributed by atoms with Gasteiger partial charge >= 0.3 is 6.09 Å². The summed E-state index contributed by atoms with van der Waals surface area (Å²) < 4.78 is 18.2. The molecule has 7 heteroatoms. The Hall–Kier alpha value is -1.60. The molecule has 2 heterocycles. The van der Waals surface area contributed by atoms with Crippen molar-refractivity contribution in [2.45, 2.75) is 116 Å². The van der Waals surface area contributed by atoms with Crippen LogP contribution >= 0.6 is 0 Å². The molecule has 0 spiro atoms. The van der Waals surface area contributed by atoms with E-state index < -0.39 is 13.9 Å². The zero-order valence-corrected chi connectivity index (χ0v) is 25.1. The first kappa shape index (κ1) is 29.0. The number of aromatic nitrogens is 1. The molecule has 6 nitrogen and oxygen atoms in total. The second-order valence-corrected chi connectivity index (χ2v) is 18.3. The zero-order valence-electron chi connectivity index (χ0n) is 24.1. The van der Waals surface area contributed by atoms with Crippen molar-refractivity contribution in [3.63, 3.8) is 0 Å². The number of carbonyl (C=O) groups is 1. The van der Waals surface area contributed by atoms with Crippen molar-refractivity contribution < 1.29 is 18.7 Å². The Bertz CT molecular complexity index is 854. The fraction of sp³-hybridized carbons (Fsp3) is 0.793. The second kappa shape index (κ2) is 11.8. The zero-order chi connectivity index (χ0) is 26.6. The van der Waals surface area contributed by atoms with Gasteiger partial charge in [0.15, 0.2) is 8.32 Å². The van der Waals surface area contributed by atoms with Gasteiger partial charge in [-0.1, -0.05) is 20.8 Å². The van der Waals surface area contributed by atoms with Crippen LogP contribution in [0.4, 0.5) is 4.79 Å². The summed E-state index contributed by atoms with van der Waals surface area (Å²) >= 11 is 0. The van der Waals surface area contributed by atoms with E-state index >= 15 is 0 Å². The molecule has 1 aliphatic heterocycles. The van der Waals surface area contributed by atoms with E-state index in [4.69, 9.17) is 13.9 Å². The minimum atomic E-state index is -1.66. The molecule has 36 heavy (non-hydrogen) atoms. The number of carbonyl (C=O) groups excluding carboxylic acids is 1. The van der Waals surface area contributed by atoms with Crippen molar-refractivity contribution in [3.05, 3.63) is 24.0 Å². The van der Waals surface area contributed by atoms with E-state index in [2.05, 4.69) is 44.9 Å². The maximum Gasteiger partial charge on any atom is 0.410 e. The standard InChI is InChI=1S/C29H50N2O4Si/c1-28(2,3)35-27(32)31-15-9-10-25(31)21-33-26-17-24(18-30-19-26)16-22-11-13-23(14-12-22)20-34-36(7,8)29(4,5)6/h17-19,22-23,25H,9-16,20-21H2,1-8H3/t22-,23-,25-/m0/s1. The summed E-state index contributed by atoms with van der Waals surface area (Å²) in [6, 6.07) is 2.18. The number of hydrogen-bond acceptors (Lipinski definition) is 5. The van der Waals surface area contributed by atoms with Crippen molar-refractivity contribution in [2.24, 2.45) is 11.8 Å². The highest BCUT2D eigenvalue weighted by Gasteiger charge is 2.38. The minimum Gasteiger partial charge on any atom is -0.490 e. The fourth-order valence-electron chi connectivity index (χ4n) is 4.89. The lowest BCUT2D eigenvalue weighted by Crippen LogP contribution is -2.42. The topological polar surface area (TPSA) is 60.9 Å². The molecule has 2 fully saturated rings. The highest BCUT2D eigenvalue weighted by atomic mass is 28.4. The van der Waals surface area contributed by atoms with E-state index in [1.54, 1.807) is 6.20 Å².